The first-order valence-electron chi connectivity index (χ1n) is 10.4. The highest BCUT2D eigenvalue weighted by Gasteiger charge is 2.36. The van der Waals surface area contributed by atoms with Crippen LogP contribution in [0.5, 0.6) is 28.7 Å². The molecule has 6 nitrogen and oxygen atoms in total. The van der Waals surface area contributed by atoms with Crippen LogP contribution in [-0.2, 0) is 6.42 Å². The van der Waals surface area contributed by atoms with Gasteiger partial charge in [-0.05, 0) is 35.7 Å². The molecule has 0 aromatic heterocycles. The van der Waals surface area contributed by atoms with Gasteiger partial charge in [0, 0.05) is 18.1 Å². The molecule has 0 bridgehead atoms. The molecule has 0 saturated heterocycles. The van der Waals surface area contributed by atoms with Gasteiger partial charge >= 0.3 is 0 Å². The number of benzene rings is 3. The van der Waals surface area contributed by atoms with Crippen LogP contribution in [-0.4, -0.2) is 39.6 Å². The molecule has 6 heteroatoms. The molecular weight excluding hydrogens is 408 g/mol. The Hall–Kier alpha value is -3.38. The van der Waals surface area contributed by atoms with Crippen molar-refractivity contribution in [3.05, 3.63) is 65.2 Å². The average Bonchev–Trinajstić information content (AvgIpc) is 2.82. The summed E-state index contributed by atoms with van der Waals surface area (Å²) >= 11 is 0. The van der Waals surface area contributed by atoms with Gasteiger partial charge in [-0.25, -0.2) is 0 Å². The zero-order valence-corrected chi connectivity index (χ0v) is 19.0. The van der Waals surface area contributed by atoms with E-state index in [9.17, 15) is 5.11 Å². The van der Waals surface area contributed by atoms with Crippen LogP contribution in [0.3, 0.4) is 0 Å². The number of aliphatic hydroxyl groups excluding tert-OH is 1. The molecule has 1 aliphatic heterocycles. The fourth-order valence-electron chi connectivity index (χ4n) is 4.27. The van der Waals surface area contributed by atoms with Crippen LogP contribution in [0.4, 0.5) is 0 Å². The van der Waals surface area contributed by atoms with Crippen LogP contribution in [0.15, 0.2) is 48.5 Å². The van der Waals surface area contributed by atoms with Crippen LogP contribution >= 0.6 is 0 Å². The van der Waals surface area contributed by atoms with E-state index in [1.165, 1.54) is 0 Å². The third-order valence-corrected chi connectivity index (χ3v) is 5.91. The molecule has 0 spiro atoms. The Balaban J connectivity index is 1.89. The van der Waals surface area contributed by atoms with Crippen molar-refractivity contribution in [1.82, 2.24) is 0 Å². The quantitative estimate of drug-likeness (QED) is 0.603. The Labute approximate surface area is 188 Å². The van der Waals surface area contributed by atoms with E-state index >= 15 is 0 Å². The molecule has 0 unspecified atom stereocenters. The van der Waals surface area contributed by atoms with Gasteiger partial charge in [0.2, 0.25) is 0 Å². The first kappa shape index (κ1) is 21.8. The molecule has 0 fully saturated rings. The second-order valence-electron chi connectivity index (χ2n) is 7.70. The van der Waals surface area contributed by atoms with Crippen LogP contribution in [0, 0.1) is 6.92 Å². The van der Waals surface area contributed by atoms with Gasteiger partial charge in [0.1, 0.15) is 23.4 Å². The predicted molar refractivity (Wildman–Crippen MR) is 122 cm³/mol. The SMILES string of the molecule is COc1ccc([C@H]2Oc3c(c(OC)cc(OC)c3-c3ccccc3C)C[C@@H]2O)cc1OC. The largest absolute Gasteiger partial charge is 0.496 e. The van der Waals surface area contributed by atoms with Crippen molar-refractivity contribution in [2.45, 2.75) is 25.6 Å². The Morgan fingerprint density at radius 1 is 0.812 bits per heavy atom. The van der Waals surface area contributed by atoms with E-state index in [-0.39, 0.29) is 0 Å². The van der Waals surface area contributed by atoms with E-state index < -0.39 is 12.2 Å². The van der Waals surface area contributed by atoms with Crippen molar-refractivity contribution in [2.75, 3.05) is 28.4 Å². The lowest BCUT2D eigenvalue weighted by Gasteiger charge is -2.34. The third kappa shape index (κ3) is 3.71. The maximum absolute atomic E-state index is 11.0. The summed E-state index contributed by atoms with van der Waals surface area (Å²) in [6, 6.07) is 15.5. The number of hydrogen-bond donors (Lipinski definition) is 1. The van der Waals surface area contributed by atoms with Gasteiger partial charge in [0.15, 0.2) is 11.5 Å². The molecule has 0 amide bonds. The number of ether oxygens (including phenoxy) is 5. The average molecular weight is 437 g/mol. The fourth-order valence-corrected chi connectivity index (χ4v) is 4.27. The van der Waals surface area contributed by atoms with Gasteiger partial charge in [-0.3, -0.25) is 0 Å². The van der Waals surface area contributed by atoms with Crippen LogP contribution in [0.1, 0.15) is 22.8 Å². The van der Waals surface area contributed by atoms with Crippen molar-refractivity contribution in [3.63, 3.8) is 0 Å². The van der Waals surface area contributed by atoms with Crippen molar-refractivity contribution >= 4 is 0 Å². The van der Waals surface area contributed by atoms with Crippen molar-refractivity contribution in [1.29, 1.82) is 0 Å². The van der Waals surface area contributed by atoms with Gasteiger partial charge < -0.3 is 28.8 Å². The Morgan fingerprint density at radius 3 is 2.16 bits per heavy atom. The molecule has 0 radical (unpaired) electrons. The van der Waals surface area contributed by atoms with E-state index in [0.717, 1.165) is 27.8 Å². The normalized spacial score (nSPS) is 17.2. The number of aliphatic hydroxyl groups is 1. The Morgan fingerprint density at radius 2 is 1.50 bits per heavy atom. The standard InChI is InChI=1S/C26H28O6/c1-15-8-6-7-9-17(15)24-23(31-5)14-21(29-3)18-13-19(27)25(32-26(18)24)16-10-11-20(28-2)22(12-16)30-4/h6-12,14,19,25,27H,13H2,1-5H3/t19-,25+/m0/s1. The molecule has 2 atom stereocenters. The molecule has 1 N–H and O–H groups in total. The summed E-state index contributed by atoms with van der Waals surface area (Å²) in [6.45, 7) is 2.05. The van der Waals surface area contributed by atoms with Crippen molar-refractivity contribution in [3.8, 4) is 39.9 Å². The molecule has 32 heavy (non-hydrogen) atoms. The lowest BCUT2D eigenvalue weighted by atomic mass is 9.89. The van der Waals surface area contributed by atoms with Gasteiger partial charge in [0.25, 0.3) is 0 Å². The van der Waals surface area contributed by atoms with Gasteiger partial charge in [-0.1, -0.05) is 30.3 Å². The van der Waals surface area contributed by atoms with E-state index in [1.54, 1.807) is 28.4 Å². The Kier molecular flexibility index (Phi) is 6.15. The zero-order valence-electron chi connectivity index (χ0n) is 19.0. The summed E-state index contributed by atoms with van der Waals surface area (Å²) in [7, 11) is 6.41. The predicted octanol–water partition coefficient (Wildman–Crippen LogP) is 4.73. The topological polar surface area (TPSA) is 66.4 Å². The Bertz CT molecular complexity index is 1120. The second kappa shape index (κ2) is 9.01. The summed E-state index contributed by atoms with van der Waals surface area (Å²) in [5.74, 6) is 3.12. The maximum Gasteiger partial charge on any atom is 0.161 e. The molecule has 3 aromatic rings. The van der Waals surface area contributed by atoms with Crippen LogP contribution < -0.4 is 23.7 Å². The lowest BCUT2D eigenvalue weighted by molar-refractivity contribution is 0.0201. The number of fused-ring (bicyclic) bond motifs is 1. The molecule has 1 aliphatic rings. The first-order valence-corrected chi connectivity index (χ1v) is 10.4. The van der Waals surface area contributed by atoms with Gasteiger partial charge in [-0.2, -0.15) is 0 Å². The first-order chi connectivity index (χ1) is 15.5. The second-order valence-corrected chi connectivity index (χ2v) is 7.70. The molecule has 0 aliphatic carbocycles. The van der Waals surface area contributed by atoms with Crippen LogP contribution in [0.25, 0.3) is 11.1 Å². The highest BCUT2D eigenvalue weighted by molar-refractivity contribution is 5.82. The lowest BCUT2D eigenvalue weighted by Crippen LogP contribution is -2.31. The zero-order chi connectivity index (χ0) is 22.8. The monoisotopic (exact) mass is 436 g/mol. The van der Waals surface area contributed by atoms with E-state index in [4.69, 9.17) is 23.7 Å². The molecule has 168 valence electrons. The molecular formula is C26H28O6. The summed E-state index contributed by atoms with van der Waals surface area (Å²) in [5, 5.41) is 11.0. The van der Waals surface area contributed by atoms with E-state index in [1.807, 2.05) is 42.5 Å². The maximum atomic E-state index is 11.0. The third-order valence-electron chi connectivity index (χ3n) is 5.91. The fraction of sp³-hybridized carbons (Fsp3) is 0.308. The van der Waals surface area contributed by atoms with Crippen molar-refractivity contribution < 1.29 is 28.8 Å². The minimum absolute atomic E-state index is 0.375. The summed E-state index contributed by atoms with van der Waals surface area (Å²) in [5.41, 5.74) is 4.55. The summed E-state index contributed by atoms with van der Waals surface area (Å²) in [4.78, 5) is 0. The number of rotatable bonds is 6. The van der Waals surface area contributed by atoms with E-state index in [0.29, 0.717) is 35.2 Å². The molecule has 0 saturated carbocycles. The number of methoxy groups -OCH3 is 4. The minimum atomic E-state index is -0.771. The van der Waals surface area contributed by atoms with Gasteiger partial charge in [0.05, 0.1) is 40.1 Å². The van der Waals surface area contributed by atoms with Gasteiger partial charge in [-0.15, -0.1) is 0 Å². The molecule has 1 heterocycles. The van der Waals surface area contributed by atoms with E-state index in [2.05, 4.69) is 13.0 Å². The number of hydrogen-bond acceptors (Lipinski definition) is 6. The van der Waals surface area contributed by atoms with Crippen LogP contribution in [0.2, 0.25) is 0 Å². The highest BCUT2D eigenvalue weighted by Crippen LogP contribution is 2.51. The summed E-state index contributed by atoms with van der Waals surface area (Å²) in [6.07, 6.45) is -0.991. The molecule has 4 rings (SSSR count). The highest BCUT2D eigenvalue weighted by atomic mass is 16.5. The molecule has 3 aromatic carbocycles. The van der Waals surface area contributed by atoms with Crippen molar-refractivity contribution in [2.24, 2.45) is 0 Å². The smallest absolute Gasteiger partial charge is 0.161 e. The minimum Gasteiger partial charge on any atom is -0.496 e. The number of aryl methyl sites for hydroxylation is 1. The summed E-state index contributed by atoms with van der Waals surface area (Å²) < 4.78 is 28.7.